The van der Waals surface area contributed by atoms with Gasteiger partial charge in [-0.3, -0.25) is 5.01 Å². The Bertz CT molecular complexity index is 897. The van der Waals surface area contributed by atoms with E-state index in [1.807, 2.05) is 5.01 Å². The number of para-hydroxylation sites is 1. The lowest BCUT2D eigenvalue weighted by atomic mass is 10.0. The highest BCUT2D eigenvalue weighted by molar-refractivity contribution is 5.79. The number of rotatable bonds is 5. The number of nitrogens with two attached hydrogens (primary N) is 1. The molecule has 2 N–H and O–H groups in total. The second kappa shape index (κ2) is 8.49. The summed E-state index contributed by atoms with van der Waals surface area (Å²) >= 11 is 0. The van der Waals surface area contributed by atoms with Gasteiger partial charge < -0.3 is 4.90 Å². The van der Waals surface area contributed by atoms with Gasteiger partial charge in [0.1, 0.15) is 0 Å². The van der Waals surface area contributed by atoms with E-state index in [0.29, 0.717) is 0 Å². The van der Waals surface area contributed by atoms with E-state index in [1.54, 1.807) is 0 Å². The number of hydrogen-bond acceptors (Lipinski definition) is 3. The molecule has 1 fully saturated rings. The van der Waals surface area contributed by atoms with Gasteiger partial charge in [-0.05, 0) is 67.5 Å². The van der Waals surface area contributed by atoms with Crippen LogP contribution in [0.5, 0.6) is 0 Å². The first kappa shape index (κ1) is 18.6. The van der Waals surface area contributed by atoms with E-state index >= 15 is 0 Å². The number of aryl methyl sites for hydroxylation is 1. The van der Waals surface area contributed by atoms with E-state index in [1.165, 1.54) is 41.6 Å². The summed E-state index contributed by atoms with van der Waals surface area (Å²) in [6.07, 6.45) is 4.78. The number of nitrogens with zero attached hydrogens (tertiary/aromatic N) is 2. The number of hydrazine groups is 1. The molecule has 0 aliphatic carbocycles. The molecule has 3 aromatic rings. The van der Waals surface area contributed by atoms with Crippen molar-refractivity contribution in [3.8, 4) is 0 Å². The van der Waals surface area contributed by atoms with Gasteiger partial charge in [0.05, 0.1) is 17.1 Å². The number of anilines is 3. The van der Waals surface area contributed by atoms with Crippen molar-refractivity contribution in [2.75, 3.05) is 23.0 Å². The van der Waals surface area contributed by atoms with Gasteiger partial charge in [-0.25, -0.2) is 5.84 Å². The summed E-state index contributed by atoms with van der Waals surface area (Å²) in [5.41, 5.74) is 7.20. The van der Waals surface area contributed by atoms with Gasteiger partial charge in [0.2, 0.25) is 0 Å². The highest BCUT2D eigenvalue weighted by Gasteiger charge is 2.19. The van der Waals surface area contributed by atoms with Crippen molar-refractivity contribution in [1.29, 1.82) is 0 Å². The molecule has 0 saturated carbocycles. The molecule has 3 heteroatoms. The fourth-order valence-electron chi connectivity index (χ4n) is 4.08. The number of benzene rings is 3. The van der Waals surface area contributed by atoms with Gasteiger partial charge in [0.25, 0.3) is 0 Å². The van der Waals surface area contributed by atoms with Gasteiger partial charge >= 0.3 is 0 Å². The smallest absolute Gasteiger partial charge is 0.0837 e. The fraction of sp³-hybridized carbons (Fsp3) is 0.280. The van der Waals surface area contributed by atoms with Crippen molar-refractivity contribution in [3.05, 3.63) is 89.5 Å². The van der Waals surface area contributed by atoms with Gasteiger partial charge in [-0.15, -0.1) is 0 Å². The van der Waals surface area contributed by atoms with E-state index in [4.69, 9.17) is 5.84 Å². The molecule has 3 aromatic carbocycles. The first-order chi connectivity index (χ1) is 13.7. The maximum atomic E-state index is 6.63. The third-order valence-corrected chi connectivity index (χ3v) is 5.62. The summed E-state index contributed by atoms with van der Waals surface area (Å²) in [5.74, 6) is 6.63. The van der Waals surface area contributed by atoms with Crippen LogP contribution in [0.2, 0.25) is 0 Å². The molecule has 144 valence electrons. The molecule has 0 atom stereocenters. The second-order valence-electron chi connectivity index (χ2n) is 7.69. The molecular formula is C25H29N3. The molecular weight excluding hydrogens is 342 g/mol. The standard InChI is InChI=1S/C25H29N3/c1-20-9-8-12-24(27-17-6-3-7-18-27)25(20)28(26)23-15-13-22(14-16-23)19-21-10-4-2-5-11-21/h2,4-5,8-16H,3,6-7,17-19,26H2,1H3. The van der Waals surface area contributed by atoms with Crippen LogP contribution >= 0.6 is 0 Å². The molecule has 0 aromatic heterocycles. The molecule has 28 heavy (non-hydrogen) atoms. The SMILES string of the molecule is Cc1cccc(N2CCCCC2)c1N(N)c1ccc(Cc2ccccc2)cc1. The first-order valence-corrected chi connectivity index (χ1v) is 10.2. The number of piperidine rings is 1. The molecule has 1 saturated heterocycles. The third kappa shape index (κ3) is 4.05. The average molecular weight is 372 g/mol. The third-order valence-electron chi connectivity index (χ3n) is 5.62. The van der Waals surface area contributed by atoms with Crippen LogP contribution in [-0.2, 0) is 6.42 Å². The van der Waals surface area contributed by atoms with Gasteiger partial charge in [-0.1, -0.05) is 54.6 Å². The minimum absolute atomic E-state index is 0.940. The Morgan fingerprint density at radius 1 is 0.786 bits per heavy atom. The minimum Gasteiger partial charge on any atom is -0.370 e. The summed E-state index contributed by atoms with van der Waals surface area (Å²) in [6, 6.07) is 25.7. The van der Waals surface area contributed by atoms with E-state index < -0.39 is 0 Å². The van der Waals surface area contributed by atoms with Crippen molar-refractivity contribution < 1.29 is 0 Å². The van der Waals surface area contributed by atoms with Crippen molar-refractivity contribution >= 4 is 17.1 Å². The highest BCUT2D eigenvalue weighted by Crippen LogP contribution is 2.36. The zero-order valence-corrected chi connectivity index (χ0v) is 16.6. The predicted octanol–water partition coefficient (Wildman–Crippen LogP) is 5.59. The Hall–Kier alpha value is -2.78. The van der Waals surface area contributed by atoms with Crippen molar-refractivity contribution in [2.45, 2.75) is 32.6 Å². The van der Waals surface area contributed by atoms with E-state index in [9.17, 15) is 0 Å². The molecule has 3 nitrogen and oxygen atoms in total. The normalized spacial score (nSPS) is 14.1. The molecule has 0 unspecified atom stereocenters. The van der Waals surface area contributed by atoms with Crippen LogP contribution < -0.4 is 15.8 Å². The zero-order chi connectivity index (χ0) is 19.3. The maximum Gasteiger partial charge on any atom is 0.0837 e. The van der Waals surface area contributed by atoms with Crippen LogP contribution in [0, 0.1) is 6.92 Å². The summed E-state index contributed by atoms with van der Waals surface area (Å²) in [5, 5.41) is 1.85. The summed E-state index contributed by atoms with van der Waals surface area (Å²) in [7, 11) is 0. The van der Waals surface area contributed by atoms with Crippen LogP contribution in [0.25, 0.3) is 0 Å². The lowest BCUT2D eigenvalue weighted by Crippen LogP contribution is -2.33. The first-order valence-electron chi connectivity index (χ1n) is 10.2. The molecule has 0 amide bonds. The Labute approximate surface area is 168 Å². The molecule has 1 aliphatic rings. The molecule has 0 radical (unpaired) electrons. The summed E-state index contributed by atoms with van der Waals surface area (Å²) < 4.78 is 0. The topological polar surface area (TPSA) is 32.5 Å². The number of hydrogen-bond donors (Lipinski definition) is 1. The lowest BCUT2D eigenvalue weighted by Gasteiger charge is -2.33. The maximum absolute atomic E-state index is 6.63. The molecule has 4 rings (SSSR count). The van der Waals surface area contributed by atoms with Crippen LogP contribution in [0.1, 0.15) is 36.0 Å². The van der Waals surface area contributed by atoms with E-state index in [0.717, 1.165) is 30.9 Å². The largest absolute Gasteiger partial charge is 0.370 e. The fourth-order valence-corrected chi connectivity index (χ4v) is 4.08. The Kier molecular flexibility index (Phi) is 5.63. The van der Waals surface area contributed by atoms with Crippen LogP contribution in [0.4, 0.5) is 17.1 Å². The van der Waals surface area contributed by atoms with Crippen LogP contribution in [-0.4, -0.2) is 13.1 Å². The van der Waals surface area contributed by atoms with E-state index in [-0.39, 0.29) is 0 Å². The van der Waals surface area contributed by atoms with Gasteiger partial charge in [-0.2, -0.15) is 0 Å². The van der Waals surface area contributed by atoms with Crippen molar-refractivity contribution in [3.63, 3.8) is 0 Å². The highest BCUT2D eigenvalue weighted by atomic mass is 15.4. The van der Waals surface area contributed by atoms with Crippen LogP contribution in [0.3, 0.4) is 0 Å². The minimum atomic E-state index is 0.940. The summed E-state index contributed by atoms with van der Waals surface area (Å²) in [4.78, 5) is 2.48. The summed E-state index contributed by atoms with van der Waals surface area (Å²) in [6.45, 7) is 4.37. The Morgan fingerprint density at radius 2 is 1.46 bits per heavy atom. The average Bonchev–Trinajstić information content (AvgIpc) is 2.75. The molecule has 0 bridgehead atoms. The van der Waals surface area contributed by atoms with Gasteiger partial charge in [0, 0.05) is 13.1 Å². The lowest BCUT2D eigenvalue weighted by molar-refractivity contribution is 0.577. The Balaban J connectivity index is 1.58. The molecule has 1 aliphatic heterocycles. The quantitative estimate of drug-likeness (QED) is 0.469. The Morgan fingerprint density at radius 3 is 2.18 bits per heavy atom. The predicted molar refractivity (Wildman–Crippen MR) is 119 cm³/mol. The monoisotopic (exact) mass is 371 g/mol. The van der Waals surface area contributed by atoms with Crippen molar-refractivity contribution in [2.24, 2.45) is 5.84 Å². The zero-order valence-electron chi connectivity index (χ0n) is 16.6. The van der Waals surface area contributed by atoms with E-state index in [2.05, 4.69) is 84.6 Å². The van der Waals surface area contributed by atoms with Crippen molar-refractivity contribution in [1.82, 2.24) is 0 Å². The van der Waals surface area contributed by atoms with Gasteiger partial charge in [0.15, 0.2) is 0 Å². The molecule has 0 spiro atoms. The van der Waals surface area contributed by atoms with Crippen LogP contribution in [0.15, 0.2) is 72.8 Å². The second-order valence-corrected chi connectivity index (χ2v) is 7.69. The molecule has 1 heterocycles.